The molecule has 0 aliphatic carbocycles. The monoisotopic (exact) mass is 281 g/mol. The second-order valence-corrected chi connectivity index (χ2v) is 5.70. The predicted octanol–water partition coefficient (Wildman–Crippen LogP) is 3.87. The molecule has 1 saturated heterocycles. The van der Waals surface area contributed by atoms with E-state index in [0.29, 0.717) is 6.04 Å². The molecule has 1 unspecified atom stereocenters. The summed E-state index contributed by atoms with van der Waals surface area (Å²) in [6, 6.07) is 9.36. The Kier molecular flexibility index (Phi) is 4.42. The number of piperidine rings is 1. The summed E-state index contributed by atoms with van der Waals surface area (Å²) in [5, 5.41) is 0. The van der Waals surface area contributed by atoms with Crippen molar-refractivity contribution in [3.05, 3.63) is 34.3 Å². The molecule has 1 heterocycles. The smallest absolute Gasteiger partial charge is 0.0178 e. The lowest BCUT2D eigenvalue weighted by molar-refractivity contribution is 0.173. The molecule has 1 aliphatic rings. The highest BCUT2D eigenvalue weighted by atomic mass is 79.9. The highest BCUT2D eigenvalue weighted by Gasteiger charge is 2.16. The Morgan fingerprint density at radius 1 is 1.25 bits per heavy atom. The molecule has 1 aromatic rings. The minimum absolute atomic E-state index is 0.676. The molecule has 0 spiro atoms. The SMILES string of the molecule is CC(Cc1cccc(Br)c1)N1CCCCC1. The number of halogens is 1. The largest absolute Gasteiger partial charge is 0.300 e. The van der Waals surface area contributed by atoms with Crippen molar-refractivity contribution in [1.82, 2.24) is 4.90 Å². The molecule has 0 bridgehead atoms. The van der Waals surface area contributed by atoms with Crippen LogP contribution in [-0.2, 0) is 6.42 Å². The van der Waals surface area contributed by atoms with Gasteiger partial charge in [-0.25, -0.2) is 0 Å². The Labute approximate surface area is 107 Å². The number of nitrogens with zero attached hydrogens (tertiary/aromatic N) is 1. The molecular formula is C14H20BrN. The van der Waals surface area contributed by atoms with Crippen LogP contribution in [0, 0.1) is 0 Å². The Balaban J connectivity index is 1.93. The average molecular weight is 282 g/mol. The molecule has 1 nitrogen and oxygen atoms in total. The summed E-state index contributed by atoms with van der Waals surface area (Å²) in [5.74, 6) is 0. The van der Waals surface area contributed by atoms with Gasteiger partial charge in [-0.2, -0.15) is 0 Å². The highest BCUT2D eigenvalue weighted by molar-refractivity contribution is 9.10. The number of benzene rings is 1. The number of rotatable bonds is 3. The average Bonchev–Trinajstić information content (AvgIpc) is 2.30. The maximum absolute atomic E-state index is 3.53. The Hall–Kier alpha value is -0.340. The molecule has 16 heavy (non-hydrogen) atoms. The minimum Gasteiger partial charge on any atom is -0.300 e. The van der Waals surface area contributed by atoms with Gasteiger partial charge in [0.2, 0.25) is 0 Å². The van der Waals surface area contributed by atoms with Crippen LogP contribution in [0.5, 0.6) is 0 Å². The van der Waals surface area contributed by atoms with Crippen molar-refractivity contribution in [1.29, 1.82) is 0 Å². The first-order valence-corrected chi connectivity index (χ1v) is 7.03. The molecule has 0 aromatic heterocycles. The summed E-state index contributed by atoms with van der Waals surface area (Å²) < 4.78 is 1.19. The summed E-state index contributed by atoms with van der Waals surface area (Å²) in [6.07, 6.45) is 5.34. The van der Waals surface area contributed by atoms with Crippen LogP contribution >= 0.6 is 15.9 Å². The second kappa shape index (κ2) is 5.83. The van der Waals surface area contributed by atoms with E-state index in [9.17, 15) is 0 Å². The lowest BCUT2D eigenvalue weighted by Gasteiger charge is -2.32. The second-order valence-electron chi connectivity index (χ2n) is 4.78. The van der Waals surface area contributed by atoms with Crippen molar-refractivity contribution in [2.24, 2.45) is 0 Å². The van der Waals surface area contributed by atoms with Crippen molar-refractivity contribution in [3.8, 4) is 0 Å². The fourth-order valence-electron chi connectivity index (χ4n) is 2.49. The van der Waals surface area contributed by atoms with E-state index in [2.05, 4.69) is 52.0 Å². The van der Waals surface area contributed by atoms with Crippen molar-refractivity contribution in [2.75, 3.05) is 13.1 Å². The van der Waals surface area contributed by atoms with Crippen molar-refractivity contribution >= 4 is 15.9 Å². The first-order valence-electron chi connectivity index (χ1n) is 6.24. The van der Waals surface area contributed by atoms with E-state index in [0.717, 1.165) is 0 Å². The van der Waals surface area contributed by atoms with Crippen LogP contribution in [0.25, 0.3) is 0 Å². The molecule has 2 rings (SSSR count). The van der Waals surface area contributed by atoms with Crippen molar-refractivity contribution < 1.29 is 0 Å². The Morgan fingerprint density at radius 2 is 2.00 bits per heavy atom. The normalized spacial score (nSPS) is 19.6. The minimum atomic E-state index is 0.676. The van der Waals surface area contributed by atoms with E-state index in [-0.39, 0.29) is 0 Å². The van der Waals surface area contributed by atoms with Crippen molar-refractivity contribution in [2.45, 2.75) is 38.6 Å². The summed E-state index contributed by atoms with van der Waals surface area (Å²) in [5.41, 5.74) is 1.44. The maximum atomic E-state index is 3.53. The van der Waals surface area contributed by atoms with Crippen LogP contribution in [0.15, 0.2) is 28.7 Å². The van der Waals surface area contributed by atoms with Crippen LogP contribution in [-0.4, -0.2) is 24.0 Å². The van der Waals surface area contributed by atoms with Gasteiger partial charge in [0, 0.05) is 10.5 Å². The van der Waals surface area contributed by atoms with E-state index in [1.165, 1.54) is 48.8 Å². The Bertz CT molecular complexity index is 331. The van der Waals surface area contributed by atoms with Gasteiger partial charge in [-0.1, -0.05) is 34.5 Å². The zero-order valence-electron chi connectivity index (χ0n) is 9.95. The van der Waals surface area contributed by atoms with Gasteiger partial charge in [0.15, 0.2) is 0 Å². The number of likely N-dealkylation sites (tertiary alicyclic amines) is 1. The van der Waals surface area contributed by atoms with E-state index < -0.39 is 0 Å². The summed E-state index contributed by atoms with van der Waals surface area (Å²) in [6.45, 7) is 4.93. The van der Waals surface area contributed by atoms with E-state index in [1.54, 1.807) is 0 Å². The molecule has 1 aliphatic heterocycles. The molecule has 0 saturated carbocycles. The standard InChI is InChI=1S/C14H20BrN/c1-12(16-8-3-2-4-9-16)10-13-6-5-7-14(15)11-13/h5-7,11-12H,2-4,8-10H2,1H3. The van der Waals surface area contributed by atoms with Crippen LogP contribution in [0.4, 0.5) is 0 Å². The highest BCUT2D eigenvalue weighted by Crippen LogP contribution is 2.17. The van der Waals surface area contributed by atoms with Gasteiger partial charge in [0.05, 0.1) is 0 Å². The Morgan fingerprint density at radius 3 is 2.69 bits per heavy atom. The van der Waals surface area contributed by atoms with Crippen molar-refractivity contribution in [3.63, 3.8) is 0 Å². The zero-order valence-corrected chi connectivity index (χ0v) is 11.5. The van der Waals surface area contributed by atoms with Crippen LogP contribution in [0.1, 0.15) is 31.7 Å². The lowest BCUT2D eigenvalue weighted by Crippen LogP contribution is -2.38. The molecule has 1 fully saturated rings. The molecule has 0 radical (unpaired) electrons. The van der Waals surface area contributed by atoms with Gasteiger partial charge in [-0.15, -0.1) is 0 Å². The van der Waals surface area contributed by atoms with Gasteiger partial charge in [-0.3, -0.25) is 0 Å². The van der Waals surface area contributed by atoms with Gasteiger partial charge >= 0.3 is 0 Å². The van der Waals surface area contributed by atoms with Crippen LogP contribution in [0.2, 0.25) is 0 Å². The molecule has 0 amide bonds. The quantitative estimate of drug-likeness (QED) is 0.813. The summed E-state index contributed by atoms with van der Waals surface area (Å²) >= 11 is 3.53. The molecule has 2 heteroatoms. The first-order chi connectivity index (χ1) is 7.75. The number of hydrogen-bond donors (Lipinski definition) is 0. The fraction of sp³-hybridized carbons (Fsp3) is 0.571. The maximum Gasteiger partial charge on any atom is 0.0178 e. The topological polar surface area (TPSA) is 3.24 Å². The van der Waals surface area contributed by atoms with Gasteiger partial charge in [0.25, 0.3) is 0 Å². The zero-order chi connectivity index (χ0) is 11.4. The molecule has 88 valence electrons. The summed E-state index contributed by atoms with van der Waals surface area (Å²) in [7, 11) is 0. The molecular weight excluding hydrogens is 262 g/mol. The van der Waals surface area contributed by atoms with Gasteiger partial charge in [0.1, 0.15) is 0 Å². The molecule has 1 aromatic carbocycles. The third-order valence-electron chi connectivity index (χ3n) is 3.43. The van der Waals surface area contributed by atoms with Gasteiger partial charge < -0.3 is 4.90 Å². The van der Waals surface area contributed by atoms with Gasteiger partial charge in [-0.05, 0) is 57.0 Å². The van der Waals surface area contributed by atoms with E-state index in [4.69, 9.17) is 0 Å². The predicted molar refractivity (Wildman–Crippen MR) is 72.7 cm³/mol. The molecule has 1 atom stereocenters. The third-order valence-corrected chi connectivity index (χ3v) is 3.93. The number of hydrogen-bond acceptors (Lipinski definition) is 1. The van der Waals surface area contributed by atoms with Crippen LogP contribution < -0.4 is 0 Å². The molecule has 0 N–H and O–H groups in total. The van der Waals surface area contributed by atoms with Crippen LogP contribution in [0.3, 0.4) is 0 Å². The van der Waals surface area contributed by atoms with E-state index in [1.807, 2.05) is 0 Å². The third kappa shape index (κ3) is 3.33. The summed E-state index contributed by atoms with van der Waals surface area (Å²) in [4.78, 5) is 2.63. The lowest BCUT2D eigenvalue weighted by atomic mass is 10.0. The van der Waals surface area contributed by atoms with E-state index >= 15 is 0 Å². The fourth-order valence-corrected chi connectivity index (χ4v) is 2.94. The first kappa shape index (κ1) is 12.1.